The minimum absolute atomic E-state index is 0. The van der Waals surface area contributed by atoms with E-state index in [0.717, 1.165) is 0 Å². The summed E-state index contributed by atoms with van der Waals surface area (Å²) in [7, 11) is 0. The van der Waals surface area contributed by atoms with Crippen LogP contribution < -0.4 is 29.6 Å². The molecule has 2 fully saturated rings. The van der Waals surface area contributed by atoms with Gasteiger partial charge in [-0.05, 0) is 0 Å². The molecule has 18 heteroatoms. The summed E-state index contributed by atoms with van der Waals surface area (Å²) >= 11 is 0. The summed E-state index contributed by atoms with van der Waals surface area (Å²) in [5.74, 6) is -7.92. The SMILES string of the molecule is O=C(O)CC(O)(CC(=O)OC[C@@]1(O[C@H]2O[C@H](CO)[C@@H](O)[C@H](O)[C@H]2O)O[C@H](CO)[C@@H](O)[C@@H]1O)C(=O)O.[H-].[Na+]. The quantitative estimate of drug-likeness (QED) is 0.0859. The molecule has 0 aromatic rings. The molecule has 2 rings (SSSR count). The van der Waals surface area contributed by atoms with E-state index in [4.69, 9.17) is 29.2 Å². The zero-order valence-electron chi connectivity index (χ0n) is 20.0. The van der Waals surface area contributed by atoms with Gasteiger partial charge in [-0.25, -0.2) is 4.79 Å². The molecule has 0 spiro atoms. The van der Waals surface area contributed by atoms with Crippen LogP contribution in [0.1, 0.15) is 14.3 Å². The van der Waals surface area contributed by atoms with Gasteiger partial charge in [0.05, 0.1) is 26.1 Å². The first-order valence-electron chi connectivity index (χ1n) is 10.2. The number of aliphatic carboxylic acids is 2. The smallest absolute Gasteiger partial charge is 1.00 e. The number of esters is 1. The van der Waals surface area contributed by atoms with Crippen LogP contribution in [0.15, 0.2) is 0 Å². The Hall–Kier alpha value is -1.03. The van der Waals surface area contributed by atoms with Crippen molar-refractivity contribution in [2.24, 2.45) is 0 Å². The van der Waals surface area contributed by atoms with Crippen LogP contribution in [0, 0.1) is 0 Å². The van der Waals surface area contributed by atoms with Crippen LogP contribution >= 0.6 is 0 Å². The van der Waals surface area contributed by atoms with Gasteiger partial charge < -0.3 is 71.4 Å². The van der Waals surface area contributed by atoms with Crippen molar-refractivity contribution in [2.45, 2.75) is 73.2 Å². The third-order valence-electron chi connectivity index (χ3n) is 5.56. The van der Waals surface area contributed by atoms with E-state index in [1.54, 1.807) is 0 Å². The topological polar surface area (TPSA) is 290 Å². The summed E-state index contributed by atoms with van der Waals surface area (Å²) in [6.45, 7) is -2.92. The van der Waals surface area contributed by atoms with Crippen LogP contribution in [0.25, 0.3) is 0 Å². The van der Waals surface area contributed by atoms with Gasteiger partial charge in [-0.1, -0.05) is 0 Å². The number of carboxylic acids is 2. The van der Waals surface area contributed by atoms with Crippen LogP contribution in [0.5, 0.6) is 0 Å². The molecule has 2 aliphatic rings. The van der Waals surface area contributed by atoms with Crippen molar-refractivity contribution in [2.75, 3.05) is 19.8 Å². The fourth-order valence-corrected chi connectivity index (χ4v) is 3.55. The Morgan fingerprint density at radius 1 is 0.889 bits per heavy atom. The van der Waals surface area contributed by atoms with E-state index in [2.05, 4.69) is 0 Å². The maximum Gasteiger partial charge on any atom is 1.00 e. The van der Waals surface area contributed by atoms with E-state index in [1.807, 2.05) is 0 Å². The van der Waals surface area contributed by atoms with Crippen molar-refractivity contribution in [3.63, 3.8) is 0 Å². The molecular formula is C18H29NaO17. The van der Waals surface area contributed by atoms with Gasteiger partial charge >= 0.3 is 47.5 Å². The number of carbonyl (C=O) groups is 3. The largest absolute Gasteiger partial charge is 1.00 e. The van der Waals surface area contributed by atoms with Crippen molar-refractivity contribution in [1.82, 2.24) is 0 Å². The first-order chi connectivity index (χ1) is 16.2. The zero-order valence-corrected chi connectivity index (χ0v) is 21.0. The summed E-state index contributed by atoms with van der Waals surface area (Å²) in [4.78, 5) is 34.3. The molecule has 0 aromatic heterocycles. The van der Waals surface area contributed by atoms with Gasteiger partial charge in [-0.3, -0.25) is 9.59 Å². The Kier molecular flexibility index (Phi) is 12.1. The molecule has 0 bridgehead atoms. The monoisotopic (exact) mass is 540 g/mol. The van der Waals surface area contributed by atoms with Crippen molar-refractivity contribution in [3.05, 3.63) is 0 Å². The predicted molar refractivity (Wildman–Crippen MR) is 103 cm³/mol. The van der Waals surface area contributed by atoms with E-state index in [1.165, 1.54) is 0 Å². The average molecular weight is 540 g/mol. The van der Waals surface area contributed by atoms with Gasteiger partial charge in [0.15, 0.2) is 11.9 Å². The van der Waals surface area contributed by atoms with Gasteiger partial charge in [0, 0.05) is 0 Å². The molecule has 10 N–H and O–H groups in total. The molecule has 1 unspecified atom stereocenters. The molecule has 204 valence electrons. The Bertz CT molecular complexity index is 787. The Balaban J connectivity index is 0.00000648. The second-order valence-corrected chi connectivity index (χ2v) is 8.15. The molecule has 2 saturated heterocycles. The fourth-order valence-electron chi connectivity index (χ4n) is 3.55. The normalized spacial score (nSPS) is 38.0. The Morgan fingerprint density at radius 2 is 1.47 bits per heavy atom. The summed E-state index contributed by atoms with van der Waals surface area (Å²) in [5.41, 5.74) is -3.06. The number of hydrogen-bond donors (Lipinski definition) is 10. The van der Waals surface area contributed by atoms with Crippen LogP contribution in [-0.2, 0) is 33.3 Å². The van der Waals surface area contributed by atoms with Crippen LogP contribution in [0.2, 0.25) is 0 Å². The van der Waals surface area contributed by atoms with Crippen LogP contribution in [0.3, 0.4) is 0 Å². The third-order valence-corrected chi connectivity index (χ3v) is 5.56. The Morgan fingerprint density at radius 3 is 1.94 bits per heavy atom. The maximum absolute atomic E-state index is 12.2. The molecule has 0 aromatic carbocycles. The molecule has 0 amide bonds. The number of aliphatic hydroxyl groups is 8. The average Bonchev–Trinajstić information content (AvgIpc) is 3.02. The molecule has 0 aliphatic carbocycles. The molecule has 2 aliphatic heterocycles. The van der Waals surface area contributed by atoms with Gasteiger partial charge in [0.2, 0.25) is 5.79 Å². The summed E-state index contributed by atoms with van der Waals surface area (Å²) < 4.78 is 20.6. The van der Waals surface area contributed by atoms with Crippen molar-refractivity contribution >= 4 is 17.9 Å². The van der Waals surface area contributed by atoms with Crippen molar-refractivity contribution in [1.29, 1.82) is 0 Å². The van der Waals surface area contributed by atoms with Gasteiger partial charge in [-0.2, -0.15) is 0 Å². The molecule has 0 radical (unpaired) electrons. The molecule has 36 heavy (non-hydrogen) atoms. The molecule has 0 saturated carbocycles. The third kappa shape index (κ3) is 7.08. The fraction of sp³-hybridized carbons (Fsp3) is 0.833. The molecular weight excluding hydrogens is 511 g/mol. The first kappa shape index (κ1) is 33.0. The van der Waals surface area contributed by atoms with Crippen molar-refractivity contribution < 1.29 is 115 Å². The van der Waals surface area contributed by atoms with Gasteiger partial charge in [-0.15, -0.1) is 0 Å². The first-order valence-corrected chi connectivity index (χ1v) is 10.2. The van der Waals surface area contributed by atoms with E-state index in [9.17, 15) is 55.2 Å². The number of carboxylic acid groups (broad SMARTS) is 2. The van der Waals surface area contributed by atoms with Crippen LogP contribution in [-0.4, -0.2) is 149 Å². The van der Waals surface area contributed by atoms with E-state index < -0.39 is 111 Å². The number of aliphatic hydroxyl groups excluding tert-OH is 7. The second kappa shape index (κ2) is 13.2. The minimum atomic E-state index is -3.06. The van der Waals surface area contributed by atoms with Gasteiger partial charge in [0.1, 0.15) is 49.3 Å². The standard InChI is InChI=1S/C18H28O17.Na.H/c19-3-6-10(24)12(26)13(27)15(33-6)35-18(14(28)11(25)7(4-20)34-18)5-32-9(23)2-17(31,16(29)30)1-8(21)22;;/h6-7,10-15,19-20,24-28,31H,1-5H2,(H,21,22)(H,29,30);;/q;+1;-1/t6-,7-,10-,11-,12+,13-,14+,15-,17?,18+;;/m1../s1. The molecule has 2 heterocycles. The molecule has 10 atom stereocenters. The zero-order chi connectivity index (χ0) is 26.7. The Labute approximate surface area is 226 Å². The second-order valence-electron chi connectivity index (χ2n) is 8.15. The van der Waals surface area contributed by atoms with Crippen LogP contribution in [0.4, 0.5) is 0 Å². The van der Waals surface area contributed by atoms with E-state index in [-0.39, 0.29) is 31.0 Å². The van der Waals surface area contributed by atoms with Gasteiger partial charge in [0.25, 0.3) is 0 Å². The number of hydrogen-bond acceptors (Lipinski definition) is 15. The minimum Gasteiger partial charge on any atom is -1.00 e. The molecule has 17 nitrogen and oxygen atoms in total. The predicted octanol–water partition coefficient (Wildman–Crippen LogP) is -9.05. The summed E-state index contributed by atoms with van der Waals surface area (Å²) in [6.07, 6.45) is -17.4. The van der Waals surface area contributed by atoms with E-state index in [0.29, 0.717) is 0 Å². The number of rotatable bonds is 11. The number of ether oxygens (including phenoxy) is 4. The summed E-state index contributed by atoms with van der Waals surface area (Å²) in [5, 5.41) is 97.1. The number of carbonyl (C=O) groups excluding carboxylic acids is 1. The summed E-state index contributed by atoms with van der Waals surface area (Å²) in [6, 6.07) is 0. The van der Waals surface area contributed by atoms with Crippen molar-refractivity contribution in [3.8, 4) is 0 Å². The van der Waals surface area contributed by atoms with E-state index >= 15 is 0 Å². The maximum atomic E-state index is 12.2.